The fraction of sp³-hybridized carbons (Fsp3) is 0.900. The van der Waals surface area contributed by atoms with Crippen molar-refractivity contribution in [3.63, 3.8) is 0 Å². The van der Waals surface area contributed by atoms with Crippen molar-refractivity contribution in [2.24, 2.45) is 5.73 Å². The minimum absolute atomic E-state index is 0.0571. The van der Waals surface area contributed by atoms with Crippen LogP contribution in [0.2, 0.25) is 0 Å². The highest BCUT2D eigenvalue weighted by Crippen LogP contribution is 2.02. The number of hydrogen-bond acceptors (Lipinski definition) is 3. The standard InChI is InChI=1S/C10H23N3O/c1-10(2,3)12-9(14)6-8(7-11)13(4)5/h8H,6-7,11H2,1-5H3,(H,12,14). The largest absolute Gasteiger partial charge is 0.351 e. The zero-order valence-corrected chi connectivity index (χ0v) is 9.92. The van der Waals surface area contributed by atoms with Crippen LogP contribution in [0.1, 0.15) is 27.2 Å². The second-order valence-corrected chi connectivity index (χ2v) is 4.86. The predicted octanol–water partition coefficient (Wildman–Crippen LogP) is 0.180. The minimum Gasteiger partial charge on any atom is -0.351 e. The van der Waals surface area contributed by atoms with E-state index in [1.54, 1.807) is 0 Å². The van der Waals surface area contributed by atoms with Gasteiger partial charge >= 0.3 is 0 Å². The number of amides is 1. The van der Waals surface area contributed by atoms with Crippen molar-refractivity contribution in [1.82, 2.24) is 10.2 Å². The Morgan fingerprint density at radius 1 is 1.43 bits per heavy atom. The summed E-state index contributed by atoms with van der Waals surface area (Å²) in [5, 5.41) is 2.92. The predicted molar refractivity (Wildman–Crippen MR) is 59.0 cm³/mol. The van der Waals surface area contributed by atoms with E-state index in [0.717, 1.165) is 0 Å². The van der Waals surface area contributed by atoms with Crippen LogP contribution in [0.4, 0.5) is 0 Å². The van der Waals surface area contributed by atoms with Crippen LogP contribution in [0.15, 0.2) is 0 Å². The van der Waals surface area contributed by atoms with Gasteiger partial charge in [-0.05, 0) is 34.9 Å². The van der Waals surface area contributed by atoms with Crippen LogP contribution < -0.4 is 11.1 Å². The van der Waals surface area contributed by atoms with Crippen molar-refractivity contribution >= 4 is 5.91 Å². The van der Waals surface area contributed by atoms with E-state index in [-0.39, 0.29) is 17.5 Å². The van der Waals surface area contributed by atoms with Gasteiger partial charge in [-0.2, -0.15) is 0 Å². The Balaban J connectivity index is 4.04. The topological polar surface area (TPSA) is 58.4 Å². The molecule has 4 heteroatoms. The highest BCUT2D eigenvalue weighted by Gasteiger charge is 2.18. The molecule has 0 saturated carbocycles. The zero-order valence-electron chi connectivity index (χ0n) is 9.92. The Kier molecular flexibility index (Phi) is 5.08. The summed E-state index contributed by atoms with van der Waals surface area (Å²) >= 11 is 0. The first kappa shape index (κ1) is 13.4. The van der Waals surface area contributed by atoms with Crippen molar-refractivity contribution < 1.29 is 4.79 Å². The van der Waals surface area contributed by atoms with Gasteiger partial charge in [0.1, 0.15) is 0 Å². The molecular formula is C10H23N3O. The highest BCUT2D eigenvalue weighted by atomic mass is 16.1. The normalized spacial score (nSPS) is 14.2. The Hall–Kier alpha value is -0.610. The third kappa shape index (κ3) is 5.94. The summed E-state index contributed by atoms with van der Waals surface area (Å²) in [7, 11) is 3.86. The van der Waals surface area contributed by atoms with Crippen molar-refractivity contribution in [2.75, 3.05) is 20.6 Å². The number of hydrogen-bond donors (Lipinski definition) is 2. The van der Waals surface area contributed by atoms with Crippen LogP contribution in [0.3, 0.4) is 0 Å². The van der Waals surface area contributed by atoms with E-state index < -0.39 is 0 Å². The van der Waals surface area contributed by atoms with Crippen LogP contribution in [0.5, 0.6) is 0 Å². The second-order valence-electron chi connectivity index (χ2n) is 4.86. The highest BCUT2D eigenvalue weighted by molar-refractivity contribution is 5.77. The maximum absolute atomic E-state index is 11.5. The van der Waals surface area contributed by atoms with Crippen LogP contribution in [-0.2, 0) is 4.79 Å². The molecule has 0 fully saturated rings. The van der Waals surface area contributed by atoms with Gasteiger partial charge in [0.2, 0.25) is 5.91 Å². The quantitative estimate of drug-likeness (QED) is 0.682. The lowest BCUT2D eigenvalue weighted by atomic mass is 10.1. The average Bonchev–Trinajstić information content (AvgIpc) is 1.96. The number of rotatable bonds is 4. The van der Waals surface area contributed by atoms with Crippen LogP contribution in [0, 0.1) is 0 Å². The number of nitrogens with one attached hydrogen (secondary N) is 1. The van der Waals surface area contributed by atoms with Crippen molar-refractivity contribution in [2.45, 2.75) is 38.8 Å². The van der Waals surface area contributed by atoms with E-state index in [2.05, 4.69) is 5.32 Å². The van der Waals surface area contributed by atoms with E-state index in [9.17, 15) is 4.79 Å². The number of nitrogens with zero attached hydrogens (tertiary/aromatic N) is 1. The summed E-state index contributed by atoms with van der Waals surface area (Å²) in [6.45, 7) is 6.42. The van der Waals surface area contributed by atoms with Gasteiger partial charge in [-0.3, -0.25) is 4.79 Å². The zero-order chi connectivity index (χ0) is 11.4. The Labute approximate surface area is 86.8 Å². The lowest BCUT2D eigenvalue weighted by Crippen LogP contribution is -2.45. The molecule has 1 unspecified atom stereocenters. The molecule has 0 spiro atoms. The SMILES string of the molecule is CN(C)C(CN)CC(=O)NC(C)(C)C. The van der Waals surface area contributed by atoms with Gasteiger partial charge in [-0.1, -0.05) is 0 Å². The van der Waals surface area contributed by atoms with Gasteiger partial charge in [-0.25, -0.2) is 0 Å². The van der Waals surface area contributed by atoms with Crippen LogP contribution in [-0.4, -0.2) is 43.0 Å². The maximum Gasteiger partial charge on any atom is 0.222 e. The van der Waals surface area contributed by atoms with E-state index in [1.165, 1.54) is 0 Å². The molecule has 3 N–H and O–H groups in total. The summed E-state index contributed by atoms with van der Waals surface area (Å²) in [6.07, 6.45) is 0.459. The van der Waals surface area contributed by atoms with Gasteiger partial charge in [0, 0.05) is 24.5 Å². The molecule has 0 radical (unpaired) electrons. The molecular weight excluding hydrogens is 178 g/mol. The average molecular weight is 201 g/mol. The molecule has 0 bridgehead atoms. The Morgan fingerprint density at radius 3 is 2.21 bits per heavy atom. The second kappa shape index (κ2) is 5.32. The number of likely N-dealkylation sites (N-methyl/N-ethyl adjacent to an activating group) is 1. The van der Waals surface area contributed by atoms with Gasteiger partial charge in [0.05, 0.1) is 0 Å². The molecule has 0 saturated heterocycles. The van der Waals surface area contributed by atoms with E-state index in [4.69, 9.17) is 5.73 Å². The summed E-state index contributed by atoms with van der Waals surface area (Å²) in [4.78, 5) is 13.5. The Morgan fingerprint density at radius 2 is 1.93 bits per heavy atom. The van der Waals surface area contributed by atoms with E-state index in [0.29, 0.717) is 13.0 Å². The fourth-order valence-electron chi connectivity index (χ4n) is 1.16. The molecule has 0 aliphatic carbocycles. The lowest BCUT2D eigenvalue weighted by Gasteiger charge is -2.25. The summed E-state index contributed by atoms with van der Waals surface area (Å²) in [5.41, 5.74) is 5.40. The molecule has 4 nitrogen and oxygen atoms in total. The molecule has 0 aliphatic rings. The molecule has 0 aromatic rings. The van der Waals surface area contributed by atoms with E-state index >= 15 is 0 Å². The van der Waals surface area contributed by atoms with Crippen LogP contribution in [0.25, 0.3) is 0 Å². The smallest absolute Gasteiger partial charge is 0.222 e. The van der Waals surface area contributed by atoms with E-state index in [1.807, 2.05) is 39.8 Å². The molecule has 0 heterocycles. The third-order valence-electron chi connectivity index (χ3n) is 1.94. The summed E-state index contributed by atoms with van der Waals surface area (Å²) < 4.78 is 0. The fourth-order valence-corrected chi connectivity index (χ4v) is 1.16. The summed E-state index contributed by atoms with van der Waals surface area (Å²) in [5.74, 6) is 0.0571. The summed E-state index contributed by atoms with van der Waals surface area (Å²) in [6, 6.07) is 0.123. The lowest BCUT2D eigenvalue weighted by molar-refractivity contribution is -0.123. The molecule has 1 atom stereocenters. The van der Waals surface area contributed by atoms with Crippen molar-refractivity contribution in [1.29, 1.82) is 0 Å². The monoisotopic (exact) mass is 201 g/mol. The number of carbonyl (C=O) groups excluding carboxylic acids is 1. The Bertz CT molecular complexity index is 184. The van der Waals surface area contributed by atoms with Gasteiger partial charge in [0.25, 0.3) is 0 Å². The first-order valence-corrected chi connectivity index (χ1v) is 4.94. The number of nitrogens with two attached hydrogens (primary N) is 1. The molecule has 0 aromatic carbocycles. The van der Waals surface area contributed by atoms with Crippen molar-refractivity contribution in [3.8, 4) is 0 Å². The van der Waals surface area contributed by atoms with Crippen LogP contribution >= 0.6 is 0 Å². The molecule has 84 valence electrons. The molecule has 14 heavy (non-hydrogen) atoms. The molecule has 0 aromatic heterocycles. The maximum atomic E-state index is 11.5. The minimum atomic E-state index is -0.164. The third-order valence-corrected chi connectivity index (χ3v) is 1.94. The molecule has 0 aliphatic heterocycles. The molecule has 1 amide bonds. The molecule has 0 rings (SSSR count). The first-order valence-electron chi connectivity index (χ1n) is 4.94. The van der Waals surface area contributed by atoms with Gasteiger partial charge in [-0.15, -0.1) is 0 Å². The van der Waals surface area contributed by atoms with Gasteiger partial charge in [0.15, 0.2) is 0 Å². The number of carbonyl (C=O) groups is 1. The van der Waals surface area contributed by atoms with Gasteiger partial charge < -0.3 is 16.0 Å². The van der Waals surface area contributed by atoms with Crippen molar-refractivity contribution in [3.05, 3.63) is 0 Å². The first-order chi connectivity index (χ1) is 6.26.